The van der Waals surface area contributed by atoms with E-state index in [2.05, 4.69) is 0 Å². The van der Waals surface area contributed by atoms with E-state index in [0.29, 0.717) is 25.2 Å². The predicted molar refractivity (Wildman–Crippen MR) is 71.7 cm³/mol. The second-order valence-corrected chi connectivity index (χ2v) is 6.97. The molecule has 0 aromatic rings. The van der Waals surface area contributed by atoms with Crippen molar-refractivity contribution in [3.8, 4) is 0 Å². The first-order valence-corrected chi connectivity index (χ1v) is 7.91. The molecule has 4 aliphatic rings. The average molecular weight is 278 g/mol. The van der Waals surface area contributed by atoms with Crippen LogP contribution in [0.5, 0.6) is 0 Å². The summed E-state index contributed by atoms with van der Waals surface area (Å²) in [7, 11) is 0. The molecule has 0 unspecified atom stereocenters. The van der Waals surface area contributed by atoms with Crippen LogP contribution in [0.4, 0.5) is 0 Å². The van der Waals surface area contributed by atoms with Crippen molar-refractivity contribution < 1.29 is 14.7 Å². The van der Waals surface area contributed by atoms with Gasteiger partial charge in [0.05, 0.1) is 18.2 Å². The molecule has 4 rings (SSSR count). The third-order valence-corrected chi connectivity index (χ3v) is 5.51. The number of rotatable bonds is 3. The fraction of sp³-hybridized carbons (Fsp3) is 0.867. The molecule has 5 nitrogen and oxygen atoms in total. The molecule has 2 heterocycles. The molecular formula is C15H22N2O3. The zero-order valence-electron chi connectivity index (χ0n) is 11.7. The minimum Gasteiger partial charge on any atom is -0.393 e. The van der Waals surface area contributed by atoms with E-state index in [1.54, 1.807) is 0 Å². The smallest absolute Gasteiger partial charge is 0.226 e. The summed E-state index contributed by atoms with van der Waals surface area (Å²) in [5, 5.41) is 9.35. The Morgan fingerprint density at radius 2 is 1.95 bits per heavy atom. The highest BCUT2D eigenvalue weighted by Crippen LogP contribution is 2.39. The van der Waals surface area contributed by atoms with Crippen LogP contribution in [0, 0.1) is 11.8 Å². The second kappa shape index (κ2) is 4.45. The van der Waals surface area contributed by atoms with Gasteiger partial charge in [-0.05, 0) is 38.0 Å². The van der Waals surface area contributed by atoms with Gasteiger partial charge in [-0.25, -0.2) is 0 Å². The molecule has 110 valence electrons. The standard InChI is InChI=1S/C15H22N2O3/c18-11-5-10(6-11)15(20)16-4-3-12-13(16)7-14(19)17(12)8-9-1-2-9/h9-13,18H,1-8H2/t10?,11?,12-,13-/m0/s1. The molecule has 2 saturated heterocycles. The molecule has 5 heteroatoms. The van der Waals surface area contributed by atoms with Gasteiger partial charge in [0.25, 0.3) is 0 Å². The van der Waals surface area contributed by atoms with E-state index < -0.39 is 0 Å². The van der Waals surface area contributed by atoms with Gasteiger partial charge in [0, 0.05) is 25.4 Å². The number of aliphatic hydroxyl groups excluding tert-OH is 1. The Labute approximate surface area is 118 Å². The van der Waals surface area contributed by atoms with Crippen LogP contribution < -0.4 is 0 Å². The van der Waals surface area contributed by atoms with Gasteiger partial charge in [-0.3, -0.25) is 9.59 Å². The lowest BCUT2D eigenvalue weighted by Crippen LogP contribution is -2.47. The van der Waals surface area contributed by atoms with Gasteiger partial charge in [-0.2, -0.15) is 0 Å². The van der Waals surface area contributed by atoms with Crippen molar-refractivity contribution in [1.82, 2.24) is 9.80 Å². The van der Waals surface area contributed by atoms with E-state index in [0.717, 1.165) is 19.5 Å². The Morgan fingerprint density at radius 1 is 1.20 bits per heavy atom. The highest BCUT2D eigenvalue weighted by atomic mass is 16.3. The maximum atomic E-state index is 12.4. The molecule has 0 spiro atoms. The number of hydrogen-bond acceptors (Lipinski definition) is 3. The number of nitrogens with zero attached hydrogens (tertiary/aromatic N) is 2. The van der Waals surface area contributed by atoms with Crippen LogP contribution in [0.1, 0.15) is 38.5 Å². The lowest BCUT2D eigenvalue weighted by atomic mass is 9.81. The fourth-order valence-corrected chi connectivity index (χ4v) is 4.04. The summed E-state index contributed by atoms with van der Waals surface area (Å²) in [6, 6.07) is 0.364. The molecule has 2 aliphatic carbocycles. The first kappa shape index (κ1) is 12.6. The number of amides is 2. The molecule has 0 aromatic heterocycles. The average Bonchev–Trinajstić information content (AvgIpc) is 3.04. The minimum absolute atomic E-state index is 0.00339. The highest BCUT2D eigenvalue weighted by molar-refractivity contribution is 5.85. The lowest BCUT2D eigenvalue weighted by molar-refractivity contribution is -0.143. The number of carbonyl (C=O) groups excluding carboxylic acids is 2. The molecule has 2 saturated carbocycles. The van der Waals surface area contributed by atoms with Crippen LogP contribution in [-0.2, 0) is 9.59 Å². The van der Waals surface area contributed by atoms with E-state index >= 15 is 0 Å². The van der Waals surface area contributed by atoms with Crippen LogP contribution in [-0.4, -0.2) is 58.0 Å². The Balaban J connectivity index is 1.44. The van der Waals surface area contributed by atoms with Crippen molar-refractivity contribution >= 4 is 11.8 Å². The summed E-state index contributed by atoms with van der Waals surface area (Å²) in [5.41, 5.74) is 0. The molecule has 2 atom stereocenters. The van der Waals surface area contributed by atoms with Gasteiger partial charge in [-0.1, -0.05) is 0 Å². The molecule has 0 radical (unpaired) electrons. The zero-order chi connectivity index (χ0) is 13.9. The van der Waals surface area contributed by atoms with Crippen molar-refractivity contribution in [1.29, 1.82) is 0 Å². The molecule has 2 amide bonds. The molecule has 0 bridgehead atoms. The van der Waals surface area contributed by atoms with E-state index in [1.165, 1.54) is 12.8 Å². The maximum absolute atomic E-state index is 12.4. The van der Waals surface area contributed by atoms with Crippen molar-refractivity contribution in [3.63, 3.8) is 0 Å². The summed E-state index contributed by atoms with van der Waals surface area (Å²) in [4.78, 5) is 28.6. The highest BCUT2D eigenvalue weighted by Gasteiger charge is 2.50. The summed E-state index contributed by atoms with van der Waals surface area (Å²) in [5.74, 6) is 1.11. The minimum atomic E-state index is -0.293. The molecule has 1 N–H and O–H groups in total. The van der Waals surface area contributed by atoms with Crippen molar-refractivity contribution in [2.45, 2.75) is 56.7 Å². The maximum Gasteiger partial charge on any atom is 0.226 e. The van der Waals surface area contributed by atoms with Crippen molar-refractivity contribution in [2.75, 3.05) is 13.1 Å². The summed E-state index contributed by atoms with van der Waals surface area (Å²) < 4.78 is 0. The van der Waals surface area contributed by atoms with E-state index in [9.17, 15) is 14.7 Å². The Hall–Kier alpha value is -1.10. The van der Waals surface area contributed by atoms with Crippen molar-refractivity contribution in [2.24, 2.45) is 11.8 Å². The predicted octanol–water partition coefficient (Wildman–Crippen LogP) is 0.369. The zero-order valence-corrected chi connectivity index (χ0v) is 11.7. The van der Waals surface area contributed by atoms with Crippen LogP contribution >= 0.6 is 0 Å². The lowest BCUT2D eigenvalue weighted by Gasteiger charge is -2.35. The van der Waals surface area contributed by atoms with Crippen LogP contribution in [0.3, 0.4) is 0 Å². The third kappa shape index (κ3) is 1.94. The van der Waals surface area contributed by atoms with Gasteiger partial charge >= 0.3 is 0 Å². The number of carbonyl (C=O) groups is 2. The quantitative estimate of drug-likeness (QED) is 0.811. The number of aliphatic hydroxyl groups is 1. The normalized spacial score (nSPS) is 40.0. The van der Waals surface area contributed by atoms with Gasteiger partial charge in [0.1, 0.15) is 0 Å². The largest absolute Gasteiger partial charge is 0.393 e. The number of likely N-dealkylation sites (tertiary alicyclic amines) is 2. The monoisotopic (exact) mass is 278 g/mol. The van der Waals surface area contributed by atoms with Crippen LogP contribution in [0.15, 0.2) is 0 Å². The first-order valence-electron chi connectivity index (χ1n) is 7.91. The number of hydrogen-bond donors (Lipinski definition) is 1. The summed E-state index contributed by atoms with van der Waals surface area (Å²) >= 11 is 0. The molecule has 20 heavy (non-hydrogen) atoms. The van der Waals surface area contributed by atoms with E-state index in [4.69, 9.17) is 0 Å². The first-order chi connectivity index (χ1) is 9.63. The second-order valence-electron chi connectivity index (χ2n) is 6.97. The van der Waals surface area contributed by atoms with Gasteiger partial charge in [0.15, 0.2) is 0 Å². The molecule has 2 aliphatic heterocycles. The molecule has 4 fully saturated rings. The van der Waals surface area contributed by atoms with Crippen molar-refractivity contribution in [3.05, 3.63) is 0 Å². The van der Waals surface area contributed by atoms with Crippen LogP contribution in [0.2, 0.25) is 0 Å². The molecule has 0 aromatic carbocycles. The Kier molecular flexibility index (Phi) is 2.81. The fourth-order valence-electron chi connectivity index (χ4n) is 4.04. The Morgan fingerprint density at radius 3 is 2.60 bits per heavy atom. The van der Waals surface area contributed by atoms with Gasteiger partial charge in [-0.15, -0.1) is 0 Å². The molecular weight excluding hydrogens is 256 g/mol. The van der Waals surface area contributed by atoms with Crippen LogP contribution in [0.25, 0.3) is 0 Å². The van der Waals surface area contributed by atoms with E-state index in [-0.39, 0.29) is 35.9 Å². The topological polar surface area (TPSA) is 60.9 Å². The van der Waals surface area contributed by atoms with Gasteiger partial charge < -0.3 is 14.9 Å². The SMILES string of the molecule is O=C1C[C@H]2[C@H](CCN2C(=O)C2CC(O)C2)N1CC1CC1. The summed E-state index contributed by atoms with van der Waals surface area (Å²) in [6.07, 6.45) is 4.87. The summed E-state index contributed by atoms with van der Waals surface area (Å²) in [6.45, 7) is 1.69. The van der Waals surface area contributed by atoms with E-state index in [1.807, 2.05) is 9.80 Å². The Bertz CT molecular complexity index is 442. The van der Waals surface area contributed by atoms with Gasteiger partial charge in [0.2, 0.25) is 11.8 Å². The third-order valence-electron chi connectivity index (χ3n) is 5.51. The number of fused-ring (bicyclic) bond motifs is 1.